The molecule has 0 aliphatic heterocycles. The zero-order chi connectivity index (χ0) is 34.3. The van der Waals surface area contributed by atoms with Crippen molar-refractivity contribution in [1.82, 2.24) is 14.5 Å². The van der Waals surface area contributed by atoms with Gasteiger partial charge in [0, 0.05) is 43.2 Å². The molecule has 0 spiro atoms. The molecule has 0 bridgehead atoms. The van der Waals surface area contributed by atoms with Crippen LogP contribution in [0.15, 0.2) is 167 Å². The molecule has 0 atom stereocenters. The molecule has 7 aromatic carbocycles. The van der Waals surface area contributed by atoms with E-state index in [2.05, 4.69) is 131 Å². The normalized spacial score (nSPS) is 11.9. The maximum absolute atomic E-state index is 6.40. The summed E-state index contributed by atoms with van der Waals surface area (Å²) >= 11 is 6.34. The van der Waals surface area contributed by atoms with Crippen LogP contribution in [0.25, 0.3) is 105 Å². The van der Waals surface area contributed by atoms with Crippen molar-refractivity contribution in [2.24, 2.45) is 0 Å². The van der Waals surface area contributed by atoms with Crippen molar-refractivity contribution >= 4 is 77.4 Å². The fourth-order valence-corrected chi connectivity index (χ4v) is 8.00. The van der Waals surface area contributed by atoms with Crippen LogP contribution in [-0.2, 0) is 0 Å². The Balaban J connectivity index is 1.05. The molecule has 11 rings (SSSR count). The smallest absolute Gasteiger partial charge is 0.180 e. The summed E-state index contributed by atoms with van der Waals surface area (Å²) in [5.74, 6) is 0. The van der Waals surface area contributed by atoms with Crippen LogP contribution in [-0.4, -0.2) is 14.5 Å². The Bertz CT molecular complexity index is 3210. The Hall–Kier alpha value is -6.69. The first kappa shape index (κ1) is 29.1. The van der Waals surface area contributed by atoms with E-state index in [-0.39, 0.29) is 0 Å². The van der Waals surface area contributed by atoms with Gasteiger partial charge in [0.05, 0.1) is 11.0 Å². The van der Waals surface area contributed by atoms with Crippen LogP contribution in [0.5, 0.6) is 0 Å². The van der Waals surface area contributed by atoms with Crippen molar-refractivity contribution < 1.29 is 8.83 Å². The van der Waals surface area contributed by atoms with Crippen LogP contribution < -0.4 is 0 Å². The molecule has 0 radical (unpaired) electrons. The van der Waals surface area contributed by atoms with E-state index in [1.54, 1.807) is 6.33 Å². The van der Waals surface area contributed by atoms with E-state index in [0.29, 0.717) is 21.9 Å². The number of benzene rings is 7. The number of aromatic nitrogens is 3. The van der Waals surface area contributed by atoms with Crippen molar-refractivity contribution in [3.8, 4) is 39.2 Å². The van der Waals surface area contributed by atoms with Crippen LogP contribution in [0.1, 0.15) is 0 Å². The van der Waals surface area contributed by atoms with Crippen LogP contribution >= 0.6 is 11.6 Å². The molecule has 0 aliphatic carbocycles. The molecule has 244 valence electrons. The summed E-state index contributed by atoms with van der Waals surface area (Å²) in [5.41, 5.74) is 13.4. The molecule has 0 aliphatic rings. The monoisotopic (exact) mass is 687 g/mol. The van der Waals surface area contributed by atoms with Crippen LogP contribution in [0.2, 0.25) is 5.02 Å². The molecular formula is C46H26ClN3O2. The highest BCUT2D eigenvalue weighted by Gasteiger charge is 2.20. The Kier molecular flexibility index (Phi) is 6.24. The van der Waals surface area contributed by atoms with Gasteiger partial charge in [-0.05, 0) is 95.1 Å². The maximum atomic E-state index is 6.40. The average molecular weight is 688 g/mol. The van der Waals surface area contributed by atoms with E-state index in [1.165, 1.54) is 27.4 Å². The zero-order valence-corrected chi connectivity index (χ0v) is 28.3. The number of rotatable bonds is 4. The number of hydrogen-bond acceptors (Lipinski definition) is 4. The first-order valence-corrected chi connectivity index (χ1v) is 17.5. The average Bonchev–Trinajstić information content (AvgIpc) is 3.87. The second kappa shape index (κ2) is 11.2. The zero-order valence-electron chi connectivity index (χ0n) is 27.5. The first-order valence-electron chi connectivity index (χ1n) is 17.2. The van der Waals surface area contributed by atoms with Gasteiger partial charge in [0.15, 0.2) is 5.58 Å². The molecule has 0 saturated heterocycles. The highest BCUT2D eigenvalue weighted by atomic mass is 35.5. The SMILES string of the molecule is Clc1ccc2oc3c(-c4cccc5oc6ccc(-c7cccc(-c8ccc9c(c8)c8ccccc8n9-c8ccccc8)c7)cc6c45)ncnc3c2c1. The predicted octanol–water partition coefficient (Wildman–Crippen LogP) is 13.0. The summed E-state index contributed by atoms with van der Waals surface area (Å²) in [6, 6.07) is 52.8. The van der Waals surface area contributed by atoms with Crippen LogP contribution in [0.3, 0.4) is 0 Å². The number of halogens is 1. The molecule has 11 aromatic rings. The third kappa shape index (κ3) is 4.36. The summed E-state index contributed by atoms with van der Waals surface area (Å²) < 4.78 is 15.1. The number of para-hydroxylation sites is 2. The molecule has 6 heteroatoms. The highest BCUT2D eigenvalue weighted by molar-refractivity contribution is 6.31. The second-order valence-corrected chi connectivity index (χ2v) is 13.6. The van der Waals surface area contributed by atoms with Crippen LogP contribution in [0, 0.1) is 0 Å². The Morgan fingerprint density at radius 3 is 2.08 bits per heavy atom. The largest absolute Gasteiger partial charge is 0.456 e. The van der Waals surface area contributed by atoms with Crippen molar-refractivity contribution in [2.45, 2.75) is 0 Å². The molecule has 0 N–H and O–H groups in total. The lowest BCUT2D eigenvalue weighted by Gasteiger charge is -2.09. The standard InChI is InChI=1S/C46H26ClN3O2/c47-31-18-21-41-37(25-31)45-46(52-41)44(48-26-49-45)34-13-7-15-42-43(34)36-24-30(17-20-40(36)51-42)28-9-6-8-27(22-28)29-16-19-39-35(23-29)33-12-4-5-14-38(33)50(39)32-10-2-1-3-11-32/h1-26H. The molecule has 4 aromatic heterocycles. The quantitative estimate of drug-likeness (QED) is 0.185. The topological polar surface area (TPSA) is 57.0 Å². The van der Waals surface area contributed by atoms with Gasteiger partial charge in [0.1, 0.15) is 34.3 Å². The predicted molar refractivity (Wildman–Crippen MR) is 212 cm³/mol. The lowest BCUT2D eigenvalue weighted by molar-refractivity contribution is 0.667. The third-order valence-electron chi connectivity index (χ3n) is 10.2. The molecule has 0 unspecified atom stereocenters. The Morgan fingerprint density at radius 2 is 1.19 bits per heavy atom. The summed E-state index contributed by atoms with van der Waals surface area (Å²) in [6.45, 7) is 0. The lowest BCUT2D eigenvalue weighted by atomic mass is 9.96. The summed E-state index contributed by atoms with van der Waals surface area (Å²) in [4.78, 5) is 9.31. The minimum absolute atomic E-state index is 0.620. The minimum atomic E-state index is 0.620. The van der Waals surface area contributed by atoms with Gasteiger partial charge in [-0.15, -0.1) is 0 Å². The van der Waals surface area contributed by atoms with Crippen molar-refractivity contribution in [2.75, 3.05) is 0 Å². The van der Waals surface area contributed by atoms with E-state index in [4.69, 9.17) is 25.4 Å². The van der Waals surface area contributed by atoms with E-state index < -0.39 is 0 Å². The van der Waals surface area contributed by atoms with Crippen LogP contribution in [0.4, 0.5) is 0 Å². The maximum Gasteiger partial charge on any atom is 0.180 e. The third-order valence-corrected chi connectivity index (χ3v) is 10.4. The highest BCUT2D eigenvalue weighted by Crippen LogP contribution is 2.42. The van der Waals surface area contributed by atoms with E-state index in [1.807, 2.05) is 30.3 Å². The van der Waals surface area contributed by atoms with Gasteiger partial charge < -0.3 is 13.4 Å². The summed E-state index contributed by atoms with van der Waals surface area (Å²) in [7, 11) is 0. The Morgan fingerprint density at radius 1 is 0.481 bits per heavy atom. The fraction of sp³-hybridized carbons (Fsp3) is 0. The van der Waals surface area contributed by atoms with Gasteiger partial charge in [-0.3, -0.25) is 0 Å². The number of nitrogens with zero attached hydrogens (tertiary/aromatic N) is 3. The fourth-order valence-electron chi connectivity index (χ4n) is 7.83. The Labute approximate surface area is 302 Å². The second-order valence-electron chi connectivity index (χ2n) is 13.1. The van der Waals surface area contributed by atoms with Gasteiger partial charge in [-0.2, -0.15) is 0 Å². The molecule has 4 heterocycles. The van der Waals surface area contributed by atoms with E-state index in [0.717, 1.165) is 60.8 Å². The molecule has 0 fully saturated rings. The first-order chi connectivity index (χ1) is 25.7. The van der Waals surface area contributed by atoms with Gasteiger partial charge in [0.25, 0.3) is 0 Å². The van der Waals surface area contributed by atoms with Gasteiger partial charge in [-0.1, -0.05) is 90.5 Å². The molecule has 0 amide bonds. The number of hydrogen-bond donors (Lipinski definition) is 0. The minimum Gasteiger partial charge on any atom is -0.456 e. The van der Waals surface area contributed by atoms with Crippen molar-refractivity contribution in [3.05, 3.63) is 163 Å². The van der Waals surface area contributed by atoms with E-state index in [9.17, 15) is 0 Å². The lowest BCUT2D eigenvalue weighted by Crippen LogP contribution is -1.92. The number of furan rings is 2. The summed E-state index contributed by atoms with van der Waals surface area (Å²) in [6.07, 6.45) is 1.59. The summed E-state index contributed by atoms with van der Waals surface area (Å²) in [5, 5.41) is 5.95. The van der Waals surface area contributed by atoms with Crippen molar-refractivity contribution in [3.63, 3.8) is 0 Å². The molecule has 5 nitrogen and oxygen atoms in total. The van der Waals surface area contributed by atoms with Crippen molar-refractivity contribution in [1.29, 1.82) is 0 Å². The van der Waals surface area contributed by atoms with Gasteiger partial charge >= 0.3 is 0 Å². The van der Waals surface area contributed by atoms with Gasteiger partial charge in [0.2, 0.25) is 0 Å². The number of fused-ring (bicyclic) bond motifs is 9. The molecular weight excluding hydrogens is 662 g/mol. The molecule has 52 heavy (non-hydrogen) atoms. The molecule has 0 saturated carbocycles. The van der Waals surface area contributed by atoms with E-state index >= 15 is 0 Å². The van der Waals surface area contributed by atoms with Gasteiger partial charge in [-0.25, -0.2) is 9.97 Å².